The molecule has 4 rings (SSSR count). The minimum absolute atomic E-state index is 0.0487. The molecule has 0 radical (unpaired) electrons. The molecule has 0 bridgehead atoms. The summed E-state index contributed by atoms with van der Waals surface area (Å²) in [7, 11) is 1.48. The summed E-state index contributed by atoms with van der Waals surface area (Å²) in [5.74, 6) is 1.07. The molecule has 3 aromatic rings. The molecule has 1 aliphatic heterocycles. The van der Waals surface area contributed by atoms with Gasteiger partial charge < -0.3 is 14.6 Å². The summed E-state index contributed by atoms with van der Waals surface area (Å²) in [5, 5.41) is 11.5. The molecule has 24 heavy (non-hydrogen) atoms. The van der Waals surface area contributed by atoms with E-state index < -0.39 is 0 Å². The third-order valence-electron chi connectivity index (χ3n) is 4.06. The fourth-order valence-corrected chi connectivity index (χ4v) is 2.89. The molecule has 0 atom stereocenters. The van der Waals surface area contributed by atoms with Gasteiger partial charge in [-0.2, -0.15) is 0 Å². The highest BCUT2D eigenvalue weighted by atomic mass is 16.5. The van der Waals surface area contributed by atoms with Crippen molar-refractivity contribution in [2.75, 3.05) is 7.11 Å². The average Bonchev–Trinajstić information content (AvgIpc) is 2.93. The van der Waals surface area contributed by atoms with E-state index in [4.69, 9.17) is 9.47 Å². The Kier molecular flexibility index (Phi) is 3.24. The van der Waals surface area contributed by atoms with Gasteiger partial charge in [0.05, 0.1) is 12.7 Å². The Balaban J connectivity index is 1.79. The second kappa shape index (κ2) is 5.42. The van der Waals surface area contributed by atoms with Crippen molar-refractivity contribution < 1.29 is 19.4 Å². The van der Waals surface area contributed by atoms with Crippen molar-refractivity contribution in [1.82, 2.24) is 0 Å². The lowest BCUT2D eigenvalue weighted by Gasteiger charge is -2.04. The second-order valence-corrected chi connectivity index (χ2v) is 5.53. The molecule has 0 saturated heterocycles. The Morgan fingerprint density at radius 1 is 1.08 bits per heavy atom. The van der Waals surface area contributed by atoms with Gasteiger partial charge in [-0.1, -0.05) is 36.4 Å². The van der Waals surface area contributed by atoms with E-state index >= 15 is 0 Å². The summed E-state index contributed by atoms with van der Waals surface area (Å²) in [5.41, 5.74) is 1.30. The van der Waals surface area contributed by atoms with Gasteiger partial charge in [0.2, 0.25) is 5.78 Å². The number of methoxy groups -OCH3 is 1. The maximum Gasteiger partial charge on any atom is 0.232 e. The molecule has 0 saturated carbocycles. The smallest absolute Gasteiger partial charge is 0.232 e. The molecule has 0 aliphatic carbocycles. The van der Waals surface area contributed by atoms with Crippen LogP contribution in [0.15, 0.2) is 60.4 Å². The summed E-state index contributed by atoms with van der Waals surface area (Å²) in [6.07, 6.45) is 1.65. The maximum atomic E-state index is 12.8. The van der Waals surface area contributed by atoms with Crippen LogP contribution < -0.4 is 9.47 Å². The highest BCUT2D eigenvalue weighted by molar-refractivity contribution is 6.21. The molecule has 0 amide bonds. The number of aromatic hydroxyl groups is 1. The van der Waals surface area contributed by atoms with E-state index in [1.165, 1.54) is 13.2 Å². The molecule has 0 unspecified atom stereocenters. The van der Waals surface area contributed by atoms with Crippen LogP contribution in [0.1, 0.15) is 15.9 Å². The first kappa shape index (κ1) is 14.3. The standard InChI is InChI=1S/C20H14O4/c1-23-17-10-12(6-8-15(17)21)11-18-20(22)19-14-5-3-2-4-13(14)7-9-16(19)24-18/h2-11,21H,1H3/b18-11-. The molecule has 1 aliphatic rings. The SMILES string of the molecule is COc1cc(/C=C2\Oc3ccc4ccccc4c3C2=O)ccc1O. The van der Waals surface area contributed by atoms with E-state index in [0.29, 0.717) is 22.6 Å². The highest BCUT2D eigenvalue weighted by Crippen LogP contribution is 2.37. The molecule has 4 nitrogen and oxygen atoms in total. The Morgan fingerprint density at radius 2 is 1.92 bits per heavy atom. The number of benzene rings is 3. The lowest BCUT2D eigenvalue weighted by Crippen LogP contribution is -1.98. The molecule has 0 spiro atoms. The van der Waals surface area contributed by atoms with Crippen molar-refractivity contribution >= 4 is 22.6 Å². The topological polar surface area (TPSA) is 55.8 Å². The summed E-state index contributed by atoms with van der Waals surface area (Å²) in [4.78, 5) is 12.8. The molecule has 0 fully saturated rings. The number of rotatable bonds is 2. The Labute approximate surface area is 138 Å². The first-order valence-electron chi connectivity index (χ1n) is 7.50. The molecule has 1 N–H and O–H groups in total. The van der Waals surface area contributed by atoms with E-state index in [9.17, 15) is 9.90 Å². The fourth-order valence-electron chi connectivity index (χ4n) is 2.89. The van der Waals surface area contributed by atoms with E-state index in [1.54, 1.807) is 18.2 Å². The number of fused-ring (bicyclic) bond motifs is 3. The van der Waals surface area contributed by atoms with Gasteiger partial charge in [0.1, 0.15) is 5.75 Å². The molecule has 3 aromatic carbocycles. The number of phenols is 1. The zero-order valence-electron chi connectivity index (χ0n) is 12.9. The van der Waals surface area contributed by atoms with Crippen LogP contribution in [0, 0.1) is 0 Å². The van der Waals surface area contributed by atoms with Gasteiger partial charge in [-0.05, 0) is 40.6 Å². The minimum atomic E-state index is -0.145. The Hall–Kier alpha value is -3.27. The van der Waals surface area contributed by atoms with Crippen molar-refractivity contribution in [2.45, 2.75) is 0 Å². The number of hydrogen-bond acceptors (Lipinski definition) is 4. The summed E-state index contributed by atoms with van der Waals surface area (Å²) in [6.45, 7) is 0. The van der Waals surface area contributed by atoms with Gasteiger partial charge in [0, 0.05) is 0 Å². The largest absolute Gasteiger partial charge is 0.504 e. The number of carbonyl (C=O) groups is 1. The van der Waals surface area contributed by atoms with E-state index in [0.717, 1.165) is 10.8 Å². The first-order chi connectivity index (χ1) is 11.7. The molecular weight excluding hydrogens is 304 g/mol. The van der Waals surface area contributed by atoms with Crippen LogP contribution in [-0.2, 0) is 0 Å². The predicted molar refractivity (Wildman–Crippen MR) is 91.5 cm³/mol. The van der Waals surface area contributed by atoms with Gasteiger partial charge >= 0.3 is 0 Å². The zero-order valence-corrected chi connectivity index (χ0v) is 12.9. The lowest BCUT2D eigenvalue weighted by atomic mass is 10.0. The number of allylic oxidation sites excluding steroid dienone is 1. The minimum Gasteiger partial charge on any atom is -0.504 e. The number of ketones is 1. The van der Waals surface area contributed by atoms with Crippen molar-refractivity contribution in [1.29, 1.82) is 0 Å². The number of carbonyl (C=O) groups excluding carboxylic acids is 1. The predicted octanol–water partition coefficient (Wildman–Crippen LogP) is 4.17. The monoisotopic (exact) mass is 318 g/mol. The van der Waals surface area contributed by atoms with Gasteiger partial charge in [-0.15, -0.1) is 0 Å². The third-order valence-corrected chi connectivity index (χ3v) is 4.06. The molecular formula is C20H14O4. The lowest BCUT2D eigenvalue weighted by molar-refractivity contribution is 0.101. The molecule has 1 heterocycles. The number of hydrogen-bond donors (Lipinski definition) is 1. The Morgan fingerprint density at radius 3 is 2.75 bits per heavy atom. The van der Waals surface area contributed by atoms with Gasteiger partial charge in [-0.3, -0.25) is 4.79 Å². The van der Waals surface area contributed by atoms with Crippen LogP contribution in [-0.4, -0.2) is 18.0 Å². The van der Waals surface area contributed by atoms with Gasteiger partial charge in [-0.25, -0.2) is 0 Å². The van der Waals surface area contributed by atoms with Crippen LogP contribution in [0.2, 0.25) is 0 Å². The molecule has 0 aromatic heterocycles. The van der Waals surface area contributed by atoms with Crippen LogP contribution >= 0.6 is 0 Å². The normalized spacial score (nSPS) is 14.7. The maximum absolute atomic E-state index is 12.8. The summed E-state index contributed by atoms with van der Waals surface area (Å²) in [6, 6.07) is 16.4. The van der Waals surface area contributed by atoms with Crippen molar-refractivity contribution in [3.8, 4) is 17.2 Å². The number of ether oxygens (including phenoxy) is 2. The number of phenolic OH excluding ortho intramolecular Hbond substituents is 1. The van der Waals surface area contributed by atoms with Gasteiger partial charge in [0.15, 0.2) is 17.3 Å². The quantitative estimate of drug-likeness (QED) is 0.721. The van der Waals surface area contributed by atoms with Crippen molar-refractivity contribution in [3.63, 3.8) is 0 Å². The van der Waals surface area contributed by atoms with Crippen LogP contribution in [0.4, 0.5) is 0 Å². The van der Waals surface area contributed by atoms with Crippen molar-refractivity contribution in [3.05, 3.63) is 71.5 Å². The highest BCUT2D eigenvalue weighted by Gasteiger charge is 2.29. The molecule has 118 valence electrons. The van der Waals surface area contributed by atoms with E-state index in [2.05, 4.69) is 0 Å². The number of Topliss-reactive ketones (excluding diaryl/α,β-unsaturated/α-hetero) is 1. The van der Waals surface area contributed by atoms with Crippen LogP contribution in [0.25, 0.3) is 16.8 Å². The fraction of sp³-hybridized carbons (Fsp3) is 0.0500. The average molecular weight is 318 g/mol. The summed E-state index contributed by atoms with van der Waals surface area (Å²) < 4.78 is 10.8. The van der Waals surface area contributed by atoms with Crippen LogP contribution in [0.5, 0.6) is 17.2 Å². The second-order valence-electron chi connectivity index (χ2n) is 5.53. The van der Waals surface area contributed by atoms with E-state index in [-0.39, 0.29) is 17.3 Å². The molecule has 4 heteroatoms. The van der Waals surface area contributed by atoms with Crippen molar-refractivity contribution in [2.24, 2.45) is 0 Å². The van der Waals surface area contributed by atoms with E-state index in [1.807, 2.05) is 36.4 Å². The third kappa shape index (κ3) is 2.20. The van der Waals surface area contributed by atoms with Gasteiger partial charge in [0.25, 0.3) is 0 Å². The van der Waals surface area contributed by atoms with Crippen LogP contribution in [0.3, 0.4) is 0 Å². The Bertz CT molecular complexity index is 1000. The zero-order chi connectivity index (χ0) is 16.7. The first-order valence-corrected chi connectivity index (χ1v) is 7.50. The summed E-state index contributed by atoms with van der Waals surface area (Å²) >= 11 is 0.